The third-order valence-electron chi connectivity index (χ3n) is 4.33. The number of aromatic nitrogens is 3. The van der Waals surface area contributed by atoms with Crippen molar-refractivity contribution >= 4 is 17.2 Å². The van der Waals surface area contributed by atoms with Crippen molar-refractivity contribution in [3.8, 4) is 11.3 Å². The molecule has 2 aromatic carbocycles. The molecule has 0 unspecified atom stereocenters. The first-order valence-corrected chi connectivity index (χ1v) is 8.37. The highest BCUT2D eigenvalue weighted by Crippen LogP contribution is 2.23. The van der Waals surface area contributed by atoms with Gasteiger partial charge in [0.15, 0.2) is 5.65 Å². The van der Waals surface area contributed by atoms with Gasteiger partial charge < -0.3 is 11.1 Å². The number of rotatable bonds is 5. The lowest BCUT2D eigenvalue weighted by Crippen LogP contribution is -2.13. The van der Waals surface area contributed by atoms with Gasteiger partial charge in [-0.25, -0.2) is 18.3 Å². The van der Waals surface area contributed by atoms with E-state index in [0.29, 0.717) is 11.3 Å². The number of carbonyl (C=O) groups is 1. The summed E-state index contributed by atoms with van der Waals surface area (Å²) in [6.45, 7) is 0.255. The summed E-state index contributed by atoms with van der Waals surface area (Å²) >= 11 is 0. The zero-order chi connectivity index (χ0) is 19.7. The van der Waals surface area contributed by atoms with Crippen LogP contribution in [0.1, 0.15) is 15.9 Å². The molecule has 0 atom stereocenters. The molecule has 0 saturated carbocycles. The topological polar surface area (TPSA) is 85.3 Å². The van der Waals surface area contributed by atoms with Crippen molar-refractivity contribution in [1.29, 1.82) is 0 Å². The van der Waals surface area contributed by atoms with Gasteiger partial charge in [-0.2, -0.15) is 0 Å². The standard InChI is InChI=1S/C20H14F2N5O/c21-15-2-1-3-16(22)18(15)24-10-12-4-6-13(7-5-12)17-9-8-14(19(23)28)20-25-11-26-27(17)20/h1-9,24H,10H2,(H2,23,28). The molecule has 1 amide bonds. The summed E-state index contributed by atoms with van der Waals surface area (Å²) in [6.07, 6.45) is 2.48. The maximum Gasteiger partial charge on any atom is 0.252 e. The fraction of sp³-hybridized carbons (Fsp3) is 0.0500. The van der Waals surface area contributed by atoms with Gasteiger partial charge in [0.05, 0.1) is 11.3 Å². The summed E-state index contributed by atoms with van der Waals surface area (Å²) in [5.74, 6) is -1.88. The summed E-state index contributed by atoms with van der Waals surface area (Å²) in [7, 11) is 0. The van der Waals surface area contributed by atoms with Crippen molar-refractivity contribution in [1.82, 2.24) is 14.6 Å². The minimum atomic E-state index is -0.643. The Balaban J connectivity index is 1.59. The van der Waals surface area contributed by atoms with Gasteiger partial charge in [0.1, 0.15) is 17.3 Å². The molecule has 4 rings (SSSR count). The lowest BCUT2D eigenvalue weighted by Gasteiger charge is -2.10. The Morgan fingerprint density at radius 2 is 1.79 bits per heavy atom. The molecule has 2 aromatic heterocycles. The van der Waals surface area contributed by atoms with Crippen LogP contribution in [0.3, 0.4) is 0 Å². The fourth-order valence-electron chi connectivity index (χ4n) is 2.92. The highest BCUT2D eigenvalue weighted by Gasteiger charge is 2.13. The van der Waals surface area contributed by atoms with Gasteiger partial charge in [-0.05, 0) is 29.8 Å². The highest BCUT2D eigenvalue weighted by molar-refractivity contribution is 5.99. The Hall–Kier alpha value is -3.81. The van der Waals surface area contributed by atoms with Crippen LogP contribution in [0.4, 0.5) is 14.5 Å². The third kappa shape index (κ3) is 3.16. The zero-order valence-electron chi connectivity index (χ0n) is 14.5. The second kappa shape index (κ2) is 7.07. The van der Waals surface area contributed by atoms with Gasteiger partial charge in [-0.3, -0.25) is 4.79 Å². The number of para-hydroxylation sites is 1. The number of nitrogens with one attached hydrogen (secondary N) is 1. The number of nitrogens with zero attached hydrogens (tertiary/aromatic N) is 3. The minimum Gasteiger partial charge on any atom is -0.376 e. The number of anilines is 1. The number of fused-ring (bicyclic) bond motifs is 1. The summed E-state index contributed by atoms with van der Waals surface area (Å²) in [5.41, 5.74) is 8.13. The van der Waals surface area contributed by atoms with Crippen molar-refractivity contribution in [3.63, 3.8) is 0 Å². The van der Waals surface area contributed by atoms with Crippen LogP contribution in [0.15, 0.2) is 54.6 Å². The Morgan fingerprint density at radius 3 is 2.46 bits per heavy atom. The Morgan fingerprint density at radius 1 is 1.07 bits per heavy atom. The summed E-state index contributed by atoms with van der Waals surface area (Å²) in [5, 5.41) is 6.80. The normalized spacial score (nSPS) is 10.9. The number of primary amides is 1. The molecule has 0 saturated heterocycles. The lowest BCUT2D eigenvalue weighted by molar-refractivity contribution is 0.100. The molecule has 8 heteroatoms. The maximum atomic E-state index is 13.7. The Labute approximate surface area is 158 Å². The second-order valence-electron chi connectivity index (χ2n) is 6.09. The molecule has 0 bridgehead atoms. The third-order valence-corrected chi connectivity index (χ3v) is 4.33. The van der Waals surface area contributed by atoms with Gasteiger partial charge in [-0.15, -0.1) is 5.10 Å². The molecule has 0 aliphatic rings. The van der Waals surface area contributed by atoms with Crippen LogP contribution in [-0.4, -0.2) is 20.5 Å². The monoisotopic (exact) mass is 378 g/mol. The van der Waals surface area contributed by atoms with E-state index < -0.39 is 17.5 Å². The molecule has 0 fully saturated rings. The second-order valence-corrected chi connectivity index (χ2v) is 6.09. The van der Waals surface area contributed by atoms with E-state index in [1.165, 1.54) is 22.7 Å². The van der Waals surface area contributed by atoms with Gasteiger partial charge in [0.25, 0.3) is 5.91 Å². The number of pyridine rings is 1. The van der Waals surface area contributed by atoms with Crippen LogP contribution in [0.2, 0.25) is 0 Å². The molecule has 4 aromatic rings. The largest absolute Gasteiger partial charge is 0.376 e. The average molecular weight is 378 g/mol. The van der Waals surface area contributed by atoms with Crippen molar-refractivity contribution in [3.05, 3.63) is 83.7 Å². The van der Waals surface area contributed by atoms with E-state index in [-0.39, 0.29) is 17.8 Å². The molecule has 6 nitrogen and oxygen atoms in total. The number of hydrogen-bond donors (Lipinski definition) is 2. The van der Waals surface area contributed by atoms with Crippen LogP contribution >= 0.6 is 0 Å². The lowest BCUT2D eigenvalue weighted by atomic mass is 10.1. The zero-order valence-corrected chi connectivity index (χ0v) is 14.5. The summed E-state index contributed by atoms with van der Waals surface area (Å²) < 4.78 is 28.9. The quantitative estimate of drug-likeness (QED) is 0.559. The van der Waals surface area contributed by atoms with Gasteiger partial charge in [-0.1, -0.05) is 30.3 Å². The predicted octanol–water partition coefficient (Wildman–Crippen LogP) is 3.19. The first-order valence-electron chi connectivity index (χ1n) is 8.37. The van der Waals surface area contributed by atoms with E-state index >= 15 is 0 Å². The molecule has 0 aliphatic heterocycles. The van der Waals surface area contributed by atoms with Crippen LogP contribution in [0, 0.1) is 18.0 Å². The first kappa shape index (κ1) is 17.6. The number of amides is 1. The molecule has 2 heterocycles. The van der Waals surface area contributed by atoms with Gasteiger partial charge >= 0.3 is 0 Å². The number of benzene rings is 2. The molecule has 0 spiro atoms. The maximum absolute atomic E-state index is 13.7. The first-order chi connectivity index (χ1) is 13.5. The molecule has 28 heavy (non-hydrogen) atoms. The van der Waals surface area contributed by atoms with Crippen LogP contribution in [-0.2, 0) is 6.54 Å². The molecule has 1 radical (unpaired) electrons. The molecular weight excluding hydrogens is 364 g/mol. The smallest absolute Gasteiger partial charge is 0.252 e. The fourth-order valence-corrected chi connectivity index (χ4v) is 2.92. The van der Waals surface area contributed by atoms with E-state index in [4.69, 9.17) is 5.73 Å². The summed E-state index contributed by atoms with van der Waals surface area (Å²) in [4.78, 5) is 15.5. The molecule has 3 N–H and O–H groups in total. The molecule has 0 aliphatic carbocycles. The van der Waals surface area contributed by atoms with Crippen LogP contribution in [0.5, 0.6) is 0 Å². The van der Waals surface area contributed by atoms with E-state index in [1.807, 2.05) is 24.3 Å². The highest BCUT2D eigenvalue weighted by atomic mass is 19.1. The Kier molecular flexibility index (Phi) is 4.44. The van der Waals surface area contributed by atoms with E-state index in [2.05, 4.69) is 21.7 Å². The number of nitrogens with two attached hydrogens (primary N) is 1. The van der Waals surface area contributed by atoms with E-state index in [1.54, 1.807) is 12.1 Å². The van der Waals surface area contributed by atoms with Crippen molar-refractivity contribution < 1.29 is 13.6 Å². The molecule has 139 valence electrons. The Bertz CT molecular complexity index is 1150. The molecular formula is C20H14F2N5O. The van der Waals surface area contributed by atoms with Crippen molar-refractivity contribution in [2.75, 3.05) is 5.32 Å². The van der Waals surface area contributed by atoms with E-state index in [9.17, 15) is 13.6 Å². The predicted molar refractivity (Wildman–Crippen MR) is 99.5 cm³/mol. The van der Waals surface area contributed by atoms with E-state index in [0.717, 1.165) is 11.1 Å². The number of halogens is 2. The van der Waals surface area contributed by atoms with Gasteiger partial charge in [0, 0.05) is 12.1 Å². The SMILES string of the molecule is NC(=O)c1ccc(-c2ccc(CNc3c(F)cccc3F)cc2)n2n[c]nc12. The van der Waals surface area contributed by atoms with Gasteiger partial charge in [0.2, 0.25) is 6.33 Å². The van der Waals surface area contributed by atoms with Crippen LogP contribution in [0.25, 0.3) is 16.9 Å². The van der Waals surface area contributed by atoms with Crippen molar-refractivity contribution in [2.45, 2.75) is 6.54 Å². The minimum absolute atomic E-state index is 0.159. The number of carbonyl (C=O) groups excluding carboxylic acids is 1. The number of hydrogen-bond acceptors (Lipinski definition) is 4. The summed E-state index contributed by atoms with van der Waals surface area (Å²) in [6, 6.07) is 14.4. The van der Waals surface area contributed by atoms with Crippen molar-refractivity contribution in [2.24, 2.45) is 5.73 Å². The average Bonchev–Trinajstić information content (AvgIpc) is 3.17. The van der Waals surface area contributed by atoms with Crippen LogP contribution < -0.4 is 11.1 Å².